The normalized spacial score (nSPS) is 13.3. The van der Waals surface area contributed by atoms with E-state index in [0.717, 1.165) is 24.1 Å². The molecule has 1 heterocycles. The van der Waals surface area contributed by atoms with Crippen molar-refractivity contribution >= 4 is 34.9 Å². The van der Waals surface area contributed by atoms with E-state index in [4.69, 9.17) is 22.1 Å². The van der Waals surface area contributed by atoms with Gasteiger partial charge in [0.25, 0.3) is 5.91 Å². The number of anilines is 2. The number of esters is 1. The standard InChI is InChI=1S/C18H17ClN2O3/c19-13-7-8-14(15(20)10-13)18(23)24-11-17(22)21-9-3-5-12-4-1-2-6-16(12)21/h1-2,4,6-8,10H,3,5,9,11,20H2. The summed E-state index contributed by atoms with van der Waals surface area (Å²) in [5, 5.41) is 0.435. The quantitative estimate of drug-likeness (QED) is 0.686. The van der Waals surface area contributed by atoms with Crippen LogP contribution in [0, 0.1) is 0 Å². The van der Waals surface area contributed by atoms with Crippen molar-refractivity contribution in [2.75, 3.05) is 23.8 Å². The molecular formula is C18H17ClN2O3. The van der Waals surface area contributed by atoms with Gasteiger partial charge in [0.15, 0.2) is 6.61 Å². The van der Waals surface area contributed by atoms with E-state index in [9.17, 15) is 9.59 Å². The minimum absolute atomic E-state index is 0.200. The van der Waals surface area contributed by atoms with Gasteiger partial charge in [0.1, 0.15) is 0 Å². The van der Waals surface area contributed by atoms with Gasteiger partial charge in [-0.2, -0.15) is 0 Å². The minimum Gasteiger partial charge on any atom is -0.452 e. The Morgan fingerprint density at radius 3 is 2.79 bits per heavy atom. The lowest BCUT2D eigenvalue weighted by molar-refractivity contribution is -0.121. The van der Waals surface area contributed by atoms with Crippen LogP contribution in [0.15, 0.2) is 42.5 Å². The first kappa shape index (κ1) is 16.3. The van der Waals surface area contributed by atoms with Crippen LogP contribution >= 0.6 is 11.6 Å². The molecule has 0 radical (unpaired) electrons. The number of fused-ring (bicyclic) bond motifs is 1. The van der Waals surface area contributed by atoms with E-state index in [2.05, 4.69) is 0 Å². The Morgan fingerprint density at radius 2 is 2.00 bits per heavy atom. The lowest BCUT2D eigenvalue weighted by Crippen LogP contribution is -2.38. The van der Waals surface area contributed by atoms with Crippen molar-refractivity contribution in [3.8, 4) is 0 Å². The average Bonchev–Trinajstić information content (AvgIpc) is 2.59. The van der Waals surface area contributed by atoms with Crippen LogP contribution in [-0.2, 0) is 16.0 Å². The van der Waals surface area contributed by atoms with Gasteiger partial charge < -0.3 is 15.4 Å². The van der Waals surface area contributed by atoms with Gasteiger partial charge in [-0.15, -0.1) is 0 Å². The molecule has 1 aliphatic rings. The predicted molar refractivity (Wildman–Crippen MR) is 93.3 cm³/mol. The zero-order valence-corrected chi connectivity index (χ0v) is 13.8. The number of halogens is 1. The fourth-order valence-corrected chi connectivity index (χ4v) is 2.98. The van der Waals surface area contributed by atoms with Crippen molar-refractivity contribution in [3.63, 3.8) is 0 Å². The van der Waals surface area contributed by atoms with Gasteiger partial charge in [0.05, 0.1) is 5.56 Å². The summed E-state index contributed by atoms with van der Waals surface area (Å²) >= 11 is 5.81. The highest BCUT2D eigenvalue weighted by molar-refractivity contribution is 6.31. The van der Waals surface area contributed by atoms with Crippen LogP contribution in [0.2, 0.25) is 5.02 Å². The number of nitrogen functional groups attached to an aromatic ring is 1. The van der Waals surface area contributed by atoms with Crippen LogP contribution in [-0.4, -0.2) is 25.0 Å². The Bertz CT molecular complexity index is 792. The van der Waals surface area contributed by atoms with Crippen LogP contribution in [0.4, 0.5) is 11.4 Å². The summed E-state index contributed by atoms with van der Waals surface area (Å²) in [7, 11) is 0. The summed E-state index contributed by atoms with van der Waals surface area (Å²) in [4.78, 5) is 26.2. The third-order valence-electron chi connectivity index (χ3n) is 3.97. The molecule has 6 heteroatoms. The average molecular weight is 345 g/mol. The number of rotatable bonds is 3. The number of carbonyl (C=O) groups is 2. The molecule has 3 rings (SSSR count). The fraction of sp³-hybridized carbons (Fsp3) is 0.222. The molecule has 2 aromatic carbocycles. The van der Waals surface area contributed by atoms with Gasteiger partial charge in [0.2, 0.25) is 0 Å². The van der Waals surface area contributed by atoms with Crippen molar-refractivity contribution in [1.29, 1.82) is 0 Å². The number of nitrogens with zero attached hydrogens (tertiary/aromatic N) is 1. The maximum absolute atomic E-state index is 12.4. The Labute approximate surface area is 145 Å². The monoisotopic (exact) mass is 344 g/mol. The number of hydrogen-bond acceptors (Lipinski definition) is 4. The van der Waals surface area contributed by atoms with Gasteiger partial charge in [-0.1, -0.05) is 29.8 Å². The second kappa shape index (κ2) is 6.93. The molecule has 0 aliphatic carbocycles. The van der Waals surface area contributed by atoms with Gasteiger partial charge in [-0.3, -0.25) is 4.79 Å². The predicted octanol–water partition coefficient (Wildman–Crippen LogP) is 3.06. The zero-order valence-electron chi connectivity index (χ0n) is 13.0. The molecule has 0 fully saturated rings. The molecule has 5 nitrogen and oxygen atoms in total. The molecule has 2 N–H and O–H groups in total. The number of hydrogen-bond donors (Lipinski definition) is 1. The maximum Gasteiger partial charge on any atom is 0.340 e. The maximum atomic E-state index is 12.4. The van der Waals surface area contributed by atoms with E-state index in [-0.39, 0.29) is 23.8 Å². The van der Waals surface area contributed by atoms with Crippen LogP contribution < -0.4 is 10.6 Å². The van der Waals surface area contributed by atoms with E-state index in [1.54, 1.807) is 11.0 Å². The highest BCUT2D eigenvalue weighted by Crippen LogP contribution is 2.26. The van der Waals surface area contributed by atoms with Crippen LogP contribution in [0.5, 0.6) is 0 Å². The van der Waals surface area contributed by atoms with Crippen molar-refractivity contribution in [2.45, 2.75) is 12.8 Å². The van der Waals surface area contributed by atoms with E-state index >= 15 is 0 Å². The Kier molecular flexibility index (Phi) is 4.71. The molecule has 0 atom stereocenters. The number of para-hydroxylation sites is 1. The smallest absolute Gasteiger partial charge is 0.340 e. The summed E-state index contributed by atoms with van der Waals surface area (Å²) in [6.07, 6.45) is 1.84. The molecule has 0 bridgehead atoms. The molecule has 0 saturated carbocycles. The SMILES string of the molecule is Nc1cc(Cl)ccc1C(=O)OCC(=O)N1CCCc2ccccc21. The third-order valence-corrected chi connectivity index (χ3v) is 4.21. The summed E-state index contributed by atoms with van der Waals surface area (Å²) in [5.41, 5.74) is 8.19. The molecule has 1 amide bonds. The van der Waals surface area contributed by atoms with Gasteiger partial charge in [-0.05, 0) is 42.7 Å². The molecule has 24 heavy (non-hydrogen) atoms. The number of ether oxygens (including phenoxy) is 1. The molecule has 0 unspecified atom stereocenters. The van der Waals surface area contributed by atoms with Gasteiger partial charge in [-0.25, -0.2) is 4.79 Å². The summed E-state index contributed by atoms with van der Waals surface area (Å²) < 4.78 is 5.13. The number of aryl methyl sites for hydroxylation is 1. The number of carbonyl (C=O) groups excluding carboxylic acids is 2. The lowest BCUT2D eigenvalue weighted by atomic mass is 10.0. The summed E-state index contributed by atoms with van der Waals surface area (Å²) in [5.74, 6) is -0.883. The minimum atomic E-state index is -0.636. The van der Waals surface area contributed by atoms with E-state index in [1.807, 2.05) is 24.3 Å². The highest BCUT2D eigenvalue weighted by atomic mass is 35.5. The van der Waals surface area contributed by atoms with E-state index < -0.39 is 5.97 Å². The summed E-state index contributed by atoms with van der Waals surface area (Å²) in [6, 6.07) is 12.3. The Balaban J connectivity index is 1.67. The summed E-state index contributed by atoms with van der Waals surface area (Å²) in [6.45, 7) is 0.297. The molecule has 1 aliphatic heterocycles. The first-order chi connectivity index (χ1) is 11.6. The molecular weight excluding hydrogens is 328 g/mol. The van der Waals surface area contributed by atoms with Crippen LogP contribution in [0.25, 0.3) is 0 Å². The molecule has 0 spiro atoms. The van der Waals surface area contributed by atoms with Crippen molar-refractivity contribution in [1.82, 2.24) is 0 Å². The highest BCUT2D eigenvalue weighted by Gasteiger charge is 2.23. The van der Waals surface area contributed by atoms with Crippen LogP contribution in [0.1, 0.15) is 22.3 Å². The first-order valence-corrected chi connectivity index (χ1v) is 8.04. The van der Waals surface area contributed by atoms with Crippen molar-refractivity contribution in [2.24, 2.45) is 0 Å². The van der Waals surface area contributed by atoms with Crippen molar-refractivity contribution < 1.29 is 14.3 Å². The van der Waals surface area contributed by atoms with Crippen molar-refractivity contribution in [3.05, 3.63) is 58.6 Å². The fourth-order valence-electron chi connectivity index (χ4n) is 2.80. The zero-order chi connectivity index (χ0) is 17.1. The Hall–Kier alpha value is -2.53. The number of nitrogens with two attached hydrogens (primary N) is 1. The molecule has 2 aromatic rings. The van der Waals surface area contributed by atoms with E-state index in [0.29, 0.717) is 11.6 Å². The topological polar surface area (TPSA) is 72.6 Å². The first-order valence-electron chi connectivity index (χ1n) is 7.66. The third kappa shape index (κ3) is 3.36. The molecule has 124 valence electrons. The second-order valence-corrected chi connectivity index (χ2v) is 6.02. The number of amides is 1. The van der Waals surface area contributed by atoms with Gasteiger partial charge in [0, 0.05) is 22.9 Å². The van der Waals surface area contributed by atoms with Crippen LogP contribution in [0.3, 0.4) is 0 Å². The van der Waals surface area contributed by atoms with Gasteiger partial charge >= 0.3 is 5.97 Å². The molecule has 0 aromatic heterocycles. The number of benzene rings is 2. The Morgan fingerprint density at radius 1 is 1.21 bits per heavy atom. The largest absolute Gasteiger partial charge is 0.452 e. The van der Waals surface area contributed by atoms with E-state index in [1.165, 1.54) is 12.1 Å². The second-order valence-electron chi connectivity index (χ2n) is 5.59. The lowest BCUT2D eigenvalue weighted by Gasteiger charge is -2.29. The molecule has 0 saturated heterocycles.